The van der Waals surface area contributed by atoms with Gasteiger partial charge in [0.05, 0.1) is 24.8 Å². The van der Waals surface area contributed by atoms with Crippen molar-refractivity contribution in [1.82, 2.24) is 4.57 Å². The number of ether oxygens (including phenoxy) is 2. The Bertz CT molecular complexity index is 1040. The number of carbonyl (C=O) groups excluding carboxylic acids is 2. The van der Waals surface area contributed by atoms with Gasteiger partial charge in [-0.05, 0) is 26.0 Å². The summed E-state index contributed by atoms with van der Waals surface area (Å²) in [5, 5.41) is 9.24. The normalized spacial score (nSPS) is 11.5. The van der Waals surface area contributed by atoms with Crippen molar-refractivity contribution in [2.45, 2.75) is 26.3 Å². The van der Waals surface area contributed by atoms with Crippen LogP contribution in [0.15, 0.2) is 35.8 Å². The lowest BCUT2D eigenvalue weighted by Gasteiger charge is -2.15. The molecular formula is C20H19FN2O5. The van der Waals surface area contributed by atoms with Gasteiger partial charge in [0, 0.05) is 23.7 Å². The van der Waals surface area contributed by atoms with Crippen LogP contribution in [0.1, 0.15) is 35.7 Å². The molecule has 0 aliphatic heterocycles. The molecule has 1 aromatic heterocycles. The summed E-state index contributed by atoms with van der Waals surface area (Å²) in [6.45, 7) is 7.11. The summed E-state index contributed by atoms with van der Waals surface area (Å²) in [5.41, 5.74) is -0.914. The van der Waals surface area contributed by atoms with Gasteiger partial charge in [-0.1, -0.05) is 6.08 Å². The summed E-state index contributed by atoms with van der Waals surface area (Å²) in [7, 11) is 0. The minimum atomic E-state index is -1.48. The Morgan fingerprint density at radius 2 is 2.00 bits per heavy atom. The number of benzene rings is 1. The van der Waals surface area contributed by atoms with Gasteiger partial charge in [0.1, 0.15) is 11.4 Å². The standard InChI is InChI=1S/C20H19FN2O5/c1-4-7-23-11-15(20(26)28-6-3)18(24)13-8-16(21)12(9-17(13)23)14(10-22)19(25)27-5-2/h4,8-9,11,14H,1,5-7H2,2-3H3. The Morgan fingerprint density at radius 1 is 1.32 bits per heavy atom. The Labute approximate surface area is 160 Å². The van der Waals surface area contributed by atoms with Crippen molar-refractivity contribution in [3.63, 3.8) is 0 Å². The molecule has 0 saturated carbocycles. The minimum Gasteiger partial charge on any atom is -0.465 e. The van der Waals surface area contributed by atoms with Crippen molar-refractivity contribution >= 4 is 22.8 Å². The molecule has 0 aliphatic carbocycles. The van der Waals surface area contributed by atoms with Gasteiger partial charge in [0.25, 0.3) is 0 Å². The zero-order chi connectivity index (χ0) is 20.8. The van der Waals surface area contributed by atoms with Crippen molar-refractivity contribution in [2.75, 3.05) is 13.2 Å². The second kappa shape index (κ2) is 8.95. The molecule has 0 aliphatic rings. The lowest BCUT2D eigenvalue weighted by molar-refractivity contribution is -0.143. The fourth-order valence-corrected chi connectivity index (χ4v) is 2.77. The Balaban J connectivity index is 2.78. The van der Waals surface area contributed by atoms with Gasteiger partial charge in [-0.3, -0.25) is 9.59 Å². The van der Waals surface area contributed by atoms with Crippen molar-refractivity contribution in [3.05, 3.63) is 58.2 Å². The van der Waals surface area contributed by atoms with E-state index in [1.54, 1.807) is 19.9 Å². The molecule has 0 amide bonds. The number of halogens is 1. The first kappa shape index (κ1) is 20.8. The Hall–Kier alpha value is -3.47. The second-order valence-corrected chi connectivity index (χ2v) is 5.74. The Kier molecular flexibility index (Phi) is 6.66. The minimum absolute atomic E-state index is 0.0380. The average molecular weight is 386 g/mol. The zero-order valence-electron chi connectivity index (χ0n) is 15.5. The van der Waals surface area contributed by atoms with Crippen molar-refractivity contribution in [1.29, 1.82) is 5.26 Å². The van der Waals surface area contributed by atoms with E-state index in [2.05, 4.69) is 6.58 Å². The summed E-state index contributed by atoms with van der Waals surface area (Å²) in [5.74, 6) is -4.11. The van der Waals surface area contributed by atoms with Crippen LogP contribution in [-0.4, -0.2) is 29.7 Å². The Morgan fingerprint density at radius 3 is 2.57 bits per heavy atom. The summed E-state index contributed by atoms with van der Waals surface area (Å²) in [6.07, 6.45) is 2.81. The van der Waals surface area contributed by atoms with Crippen LogP contribution < -0.4 is 5.43 Å². The van der Waals surface area contributed by atoms with E-state index in [4.69, 9.17) is 9.47 Å². The third kappa shape index (κ3) is 3.93. The number of fused-ring (bicyclic) bond motifs is 1. The van der Waals surface area contributed by atoms with Crippen LogP contribution in [0.4, 0.5) is 4.39 Å². The lowest BCUT2D eigenvalue weighted by atomic mass is 9.97. The first-order valence-corrected chi connectivity index (χ1v) is 8.60. The number of esters is 2. The third-order valence-electron chi connectivity index (χ3n) is 3.98. The molecule has 0 spiro atoms. The predicted octanol–water partition coefficient (Wildman–Crippen LogP) is 2.67. The number of allylic oxidation sites excluding steroid dienone is 1. The molecule has 28 heavy (non-hydrogen) atoms. The van der Waals surface area contributed by atoms with Crippen LogP contribution in [0.2, 0.25) is 0 Å². The van der Waals surface area contributed by atoms with Crippen LogP contribution in [-0.2, 0) is 20.8 Å². The van der Waals surface area contributed by atoms with Crippen LogP contribution in [0.3, 0.4) is 0 Å². The van der Waals surface area contributed by atoms with E-state index in [0.29, 0.717) is 0 Å². The van der Waals surface area contributed by atoms with E-state index in [-0.39, 0.29) is 41.8 Å². The molecule has 0 saturated heterocycles. The van der Waals surface area contributed by atoms with Crippen LogP contribution in [0.25, 0.3) is 10.9 Å². The monoisotopic (exact) mass is 386 g/mol. The molecule has 2 aromatic rings. The number of carbonyl (C=O) groups is 2. The summed E-state index contributed by atoms with van der Waals surface area (Å²) in [4.78, 5) is 36.7. The molecule has 1 aromatic carbocycles. The van der Waals surface area contributed by atoms with Crippen molar-refractivity contribution in [3.8, 4) is 6.07 Å². The number of hydrogen-bond donors (Lipinski definition) is 0. The van der Waals surface area contributed by atoms with Crippen LogP contribution >= 0.6 is 0 Å². The molecule has 0 bridgehead atoms. The largest absolute Gasteiger partial charge is 0.465 e. The van der Waals surface area contributed by atoms with Gasteiger partial charge in [0.2, 0.25) is 5.43 Å². The van der Waals surface area contributed by atoms with Gasteiger partial charge in [-0.25, -0.2) is 9.18 Å². The fourth-order valence-electron chi connectivity index (χ4n) is 2.77. The highest BCUT2D eigenvalue weighted by Crippen LogP contribution is 2.25. The molecule has 146 valence electrons. The van der Waals surface area contributed by atoms with Crippen LogP contribution in [0, 0.1) is 17.1 Å². The number of pyridine rings is 1. The first-order chi connectivity index (χ1) is 13.4. The first-order valence-electron chi connectivity index (χ1n) is 8.60. The van der Waals surface area contributed by atoms with Gasteiger partial charge >= 0.3 is 11.9 Å². The van der Waals surface area contributed by atoms with Gasteiger partial charge in [0.15, 0.2) is 5.92 Å². The average Bonchev–Trinajstić information content (AvgIpc) is 2.66. The molecule has 8 heteroatoms. The van der Waals surface area contributed by atoms with E-state index in [9.17, 15) is 24.0 Å². The van der Waals surface area contributed by atoms with E-state index in [1.165, 1.54) is 22.9 Å². The number of nitrogens with zero attached hydrogens (tertiary/aromatic N) is 2. The number of aromatic nitrogens is 1. The highest BCUT2D eigenvalue weighted by Gasteiger charge is 2.27. The van der Waals surface area contributed by atoms with Crippen molar-refractivity contribution in [2.24, 2.45) is 0 Å². The smallest absolute Gasteiger partial charge is 0.343 e. The topological polar surface area (TPSA) is 98.4 Å². The molecule has 7 nitrogen and oxygen atoms in total. The maximum atomic E-state index is 14.7. The molecule has 0 fully saturated rings. The molecule has 2 rings (SSSR count). The van der Waals surface area contributed by atoms with E-state index >= 15 is 0 Å². The second-order valence-electron chi connectivity index (χ2n) is 5.74. The highest BCUT2D eigenvalue weighted by atomic mass is 19.1. The number of nitriles is 1. The summed E-state index contributed by atoms with van der Waals surface area (Å²) >= 11 is 0. The quantitative estimate of drug-likeness (QED) is 0.536. The molecule has 0 N–H and O–H groups in total. The van der Waals surface area contributed by atoms with E-state index < -0.39 is 29.1 Å². The predicted molar refractivity (Wildman–Crippen MR) is 99.3 cm³/mol. The molecule has 1 heterocycles. The third-order valence-corrected chi connectivity index (χ3v) is 3.98. The maximum absolute atomic E-state index is 14.7. The summed E-state index contributed by atoms with van der Waals surface area (Å²) in [6, 6.07) is 3.89. The highest BCUT2D eigenvalue weighted by molar-refractivity contribution is 5.94. The molecule has 1 unspecified atom stereocenters. The van der Waals surface area contributed by atoms with Crippen molar-refractivity contribution < 1.29 is 23.5 Å². The molecule has 0 radical (unpaired) electrons. The van der Waals surface area contributed by atoms with E-state index in [1.807, 2.05) is 0 Å². The van der Waals surface area contributed by atoms with E-state index in [0.717, 1.165) is 6.07 Å². The zero-order valence-corrected chi connectivity index (χ0v) is 15.5. The SMILES string of the molecule is C=CCn1cc(C(=O)OCC)c(=O)c2cc(F)c(C(C#N)C(=O)OCC)cc21. The molecule has 1 atom stereocenters. The van der Waals surface area contributed by atoms with Gasteiger partial charge < -0.3 is 14.0 Å². The fraction of sp³-hybridized carbons (Fsp3) is 0.300. The maximum Gasteiger partial charge on any atom is 0.343 e. The number of hydrogen-bond acceptors (Lipinski definition) is 6. The summed E-state index contributed by atoms with van der Waals surface area (Å²) < 4.78 is 25.9. The molecular weight excluding hydrogens is 367 g/mol. The van der Waals surface area contributed by atoms with Gasteiger partial charge in [-0.2, -0.15) is 5.26 Å². The lowest BCUT2D eigenvalue weighted by Crippen LogP contribution is -2.22. The van der Waals surface area contributed by atoms with Crippen LogP contribution in [0.5, 0.6) is 0 Å². The number of rotatable bonds is 7. The van der Waals surface area contributed by atoms with Gasteiger partial charge in [-0.15, -0.1) is 6.58 Å².